The summed E-state index contributed by atoms with van der Waals surface area (Å²) < 4.78 is 25.6. The van der Waals surface area contributed by atoms with Gasteiger partial charge >= 0.3 is 11.4 Å². The molecule has 2 aliphatic heterocycles. The SMILES string of the molecule is CC(=O)Cc1ccn([C@@H]2O[C@H](CO)[C@@H](O)[C@H]2O)c(=O)n1.CC(C)[SiH](O[SiH](C(C)C)C(C)C)C(C)C.CC(C)[SiH](O[SiH](C(C)C)C(C)C)C(C)C.Nc1ccn([C@@H]2O[C@H](CO)[C@@H](O)[C@H]2O)c(=O)n1. The van der Waals surface area contributed by atoms with Crippen molar-refractivity contribution >= 4 is 47.8 Å². The van der Waals surface area contributed by atoms with Crippen LogP contribution in [-0.4, -0.2) is 142 Å². The topological polar surface area (TPSA) is 271 Å². The first-order valence-corrected chi connectivity index (χ1v) is 31.2. The van der Waals surface area contributed by atoms with Crippen molar-refractivity contribution in [2.75, 3.05) is 18.9 Å². The number of nitrogens with zero attached hydrogens (tertiary/aromatic N) is 4. The quantitative estimate of drug-likeness (QED) is 0.105. The van der Waals surface area contributed by atoms with Gasteiger partial charge in [0, 0.05) is 18.8 Å². The van der Waals surface area contributed by atoms with E-state index in [1.54, 1.807) is 0 Å². The second kappa shape index (κ2) is 29.8. The molecule has 67 heavy (non-hydrogen) atoms. The van der Waals surface area contributed by atoms with E-state index in [0.717, 1.165) is 53.5 Å². The molecule has 18 nitrogen and oxygen atoms in total. The Balaban J connectivity index is 0.000000451. The van der Waals surface area contributed by atoms with Crippen LogP contribution in [0, 0.1) is 0 Å². The van der Waals surface area contributed by atoms with Crippen molar-refractivity contribution in [3.05, 3.63) is 51.2 Å². The summed E-state index contributed by atoms with van der Waals surface area (Å²) in [4.78, 5) is 41.5. The van der Waals surface area contributed by atoms with Gasteiger partial charge in [0.15, 0.2) is 48.6 Å². The van der Waals surface area contributed by atoms with E-state index in [1.165, 1.54) is 31.5 Å². The predicted molar refractivity (Wildman–Crippen MR) is 273 cm³/mol. The molecule has 0 amide bonds. The zero-order chi connectivity index (χ0) is 51.8. The summed E-state index contributed by atoms with van der Waals surface area (Å²) in [6.07, 6.45) is -6.58. The van der Waals surface area contributed by atoms with Crippen molar-refractivity contribution in [2.24, 2.45) is 0 Å². The summed E-state index contributed by atoms with van der Waals surface area (Å²) in [6, 6.07) is 2.84. The number of carbonyl (C=O) groups excluding carboxylic acids is 1. The molecular formula is C45H89N5O13Si4. The summed E-state index contributed by atoms with van der Waals surface area (Å²) in [6.45, 7) is 37.8. The summed E-state index contributed by atoms with van der Waals surface area (Å²) in [5, 5.41) is 56.6. The van der Waals surface area contributed by atoms with Gasteiger partial charge in [-0.2, -0.15) is 9.97 Å². The Kier molecular flexibility index (Phi) is 27.9. The predicted octanol–water partition coefficient (Wildman–Crippen LogP) is 3.60. The Morgan fingerprint density at radius 2 is 0.881 bits per heavy atom. The molecule has 0 unspecified atom stereocenters. The highest BCUT2D eigenvalue weighted by Gasteiger charge is 2.45. The van der Waals surface area contributed by atoms with Crippen LogP contribution in [0.25, 0.3) is 0 Å². The molecule has 2 aromatic rings. The number of carbonyl (C=O) groups is 1. The lowest BCUT2D eigenvalue weighted by atomic mass is 10.1. The highest BCUT2D eigenvalue weighted by molar-refractivity contribution is 6.69. The van der Waals surface area contributed by atoms with Crippen LogP contribution in [0.15, 0.2) is 34.1 Å². The van der Waals surface area contributed by atoms with Crippen molar-refractivity contribution in [3.63, 3.8) is 0 Å². The first-order chi connectivity index (χ1) is 31.0. The van der Waals surface area contributed by atoms with E-state index in [2.05, 4.69) is 121 Å². The number of ether oxygens (including phenoxy) is 2. The van der Waals surface area contributed by atoms with Gasteiger partial charge in [-0.15, -0.1) is 0 Å². The molecule has 0 spiro atoms. The Hall–Kier alpha value is -2.30. The third kappa shape index (κ3) is 19.4. The van der Waals surface area contributed by atoms with Gasteiger partial charge in [0.25, 0.3) is 0 Å². The van der Waals surface area contributed by atoms with Crippen molar-refractivity contribution in [1.82, 2.24) is 19.1 Å². The zero-order valence-electron chi connectivity index (χ0n) is 43.4. The second-order valence-corrected chi connectivity index (χ2v) is 37.1. The number of aliphatic hydroxyl groups excluding tert-OH is 6. The smallest absolute Gasteiger partial charge is 0.351 e. The molecule has 8 N–H and O–H groups in total. The lowest BCUT2D eigenvalue weighted by Gasteiger charge is -2.32. The van der Waals surface area contributed by atoms with Crippen molar-refractivity contribution in [1.29, 1.82) is 0 Å². The van der Waals surface area contributed by atoms with E-state index in [1.807, 2.05) is 0 Å². The number of nitrogen functional groups attached to an aromatic ring is 1. The van der Waals surface area contributed by atoms with Gasteiger partial charge in [-0.3, -0.25) is 13.9 Å². The number of aromatic nitrogens is 4. The Bertz CT molecular complexity index is 1750. The van der Waals surface area contributed by atoms with Crippen LogP contribution in [0.2, 0.25) is 44.3 Å². The van der Waals surface area contributed by atoms with Crippen LogP contribution in [0.5, 0.6) is 0 Å². The van der Waals surface area contributed by atoms with Crippen LogP contribution in [-0.2, 0) is 28.9 Å². The van der Waals surface area contributed by atoms with Crippen LogP contribution in [0.3, 0.4) is 0 Å². The van der Waals surface area contributed by atoms with Gasteiger partial charge < -0.3 is 54.1 Å². The number of ketones is 1. The minimum atomic E-state index is -1.34. The van der Waals surface area contributed by atoms with E-state index in [0.29, 0.717) is 5.69 Å². The van der Waals surface area contributed by atoms with Gasteiger partial charge in [-0.1, -0.05) is 111 Å². The highest BCUT2D eigenvalue weighted by atomic mass is 28.4. The first-order valence-electron chi connectivity index (χ1n) is 24.0. The number of anilines is 1. The molecule has 0 saturated carbocycles. The van der Waals surface area contributed by atoms with E-state index in [4.69, 9.17) is 33.7 Å². The van der Waals surface area contributed by atoms with E-state index in [-0.39, 0.29) is 18.0 Å². The number of aliphatic hydroxyl groups is 6. The number of Topliss-reactive ketones (excluding diaryl/α,β-unsaturated/α-hetero) is 1. The summed E-state index contributed by atoms with van der Waals surface area (Å²) in [7, 11) is -3.96. The molecule has 0 radical (unpaired) electrons. The van der Waals surface area contributed by atoms with Crippen molar-refractivity contribution in [2.45, 2.75) is 218 Å². The van der Waals surface area contributed by atoms with Gasteiger partial charge in [-0.05, 0) is 63.4 Å². The molecule has 2 fully saturated rings. The van der Waals surface area contributed by atoms with Crippen molar-refractivity contribution < 1.29 is 53.1 Å². The van der Waals surface area contributed by atoms with Crippen LogP contribution < -0.4 is 17.1 Å². The van der Waals surface area contributed by atoms with E-state index in [9.17, 15) is 34.8 Å². The highest BCUT2D eigenvalue weighted by Crippen LogP contribution is 2.31. The standard InChI is InChI=1S/C12H16N2O6.2C12H30OSi2.C9H13N3O5/c1-6(16)4-7-2-3-14(12(19)13-7)11-10(18)9(17)8(5-15)20-11;2*1-9(2)14(10(3)4)13-15(11(5)6)12(7)8;10-5-1-2-12(9(16)11-5)8-7(15)6(14)4(3-13)17-8/h2-3,8-11,15,17-18H,4-5H2,1H3;2*9-12,14-15H,1-8H3;1-2,4,6-8,13-15H,3H2,(H2,10,11,16)/t8-,9-,10-,11-;;;4-,6-,7-,8-/m1..1/s1. The largest absolute Gasteiger partial charge is 0.459 e. The molecule has 2 saturated heterocycles. The van der Waals surface area contributed by atoms with Gasteiger partial charge in [0.2, 0.25) is 0 Å². The summed E-state index contributed by atoms with van der Waals surface area (Å²) in [5.74, 6) is -0.0689. The van der Waals surface area contributed by atoms with Gasteiger partial charge in [0.05, 0.1) is 18.9 Å². The second-order valence-electron chi connectivity index (χ2n) is 20.6. The minimum absolute atomic E-state index is 0.0477. The van der Waals surface area contributed by atoms with Crippen molar-refractivity contribution in [3.8, 4) is 0 Å². The lowest BCUT2D eigenvalue weighted by Crippen LogP contribution is -2.37. The third-order valence-electron chi connectivity index (χ3n) is 11.6. The molecule has 22 heteroatoms. The minimum Gasteiger partial charge on any atom is -0.459 e. The first kappa shape index (κ1) is 62.7. The number of hydrogen-bond donors (Lipinski definition) is 7. The fourth-order valence-corrected chi connectivity index (χ4v) is 27.7. The number of rotatable bonds is 18. The maximum atomic E-state index is 11.9. The Labute approximate surface area is 406 Å². The number of hydrogen-bond acceptors (Lipinski definition) is 16. The average molecular weight is 1020 g/mol. The molecule has 0 aliphatic carbocycles. The molecular weight excluding hydrogens is 931 g/mol. The summed E-state index contributed by atoms with van der Waals surface area (Å²) >= 11 is 0. The average Bonchev–Trinajstić information content (AvgIpc) is 3.66. The maximum Gasteiger partial charge on any atom is 0.351 e. The lowest BCUT2D eigenvalue weighted by molar-refractivity contribution is -0.116. The van der Waals surface area contributed by atoms with E-state index < -0.39 is 110 Å². The molecule has 0 bridgehead atoms. The van der Waals surface area contributed by atoms with Gasteiger partial charge in [0.1, 0.15) is 48.2 Å². The fourth-order valence-electron chi connectivity index (χ4n) is 8.53. The van der Waals surface area contributed by atoms with E-state index >= 15 is 0 Å². The third-order valence-corrected chi connectivity index (χ3v) is 27.2. The molecule has 8 atom stereocenters. The number of nitrogens with two attached hydrogens (primary N) is 1. The fraction of sp³-hybridized carbons (Fsp3) is 0.800. The molecule has 2 aromatic heterocycles. The Morgan fingerprint density at radius 3 is 1.12 bits per heavy atom. The molecule has 2 aliphatic rings. The van der Waals surface area contributed by atoms with Crippen LogP contribution in [0.4, 0.5) is 5.82 Å². The zero-order valence-corrected chi connectivity index (χ0v) is 48.0. The van der Waals surface area contributed by atoms with Crippen LogP contribution in [0.1, 0.15) is 136 Å². The maximum absolute atomic E-state index is 11.9. The molecule has 4 heterocycles. The molecule has 4 rings (SSSR count). The summed E-state index contributed by atoms with van der Waals surface area (Å²) in [5.41, 5.74) is 10.5. The normalized spacial score (nSPS) is 23.1. The Morgan fingerprint density at radius 1 is 0.582 bits per heavy atom. The monoisotopic (exact) mass is 1020 g/mol. The van der Waals surface area contributed by atoms with Gasteiger partial charge in [-0.25, -0.2) is 9.59 Å². The molecule has 388 valence electrons. The van der Waals surface area contributed by atoms with Crippen LogP contribution >= 0.6 is 0 Å². The molecule has 0 aromatic carbocycles.